The lowest BCUT2D eigenvalue weighted by atomic mass is 10.0. The standard InChI is InChI=1S/C17H22N4O6/c1-8(2)5-10(17(25)26)20-11(22)6-18-14(23)12-9(3)27-15-13(12)16(24)21(4)7-19-15/h7-8,10H,5-6H2,1-4H3,(H,18,23)(H,20,22)(H,25,26)/t10-/m0/s1. The Morgan fingerprint density at radius 3 is 2.59 bits per heavy atom. The van der Waals surface area contributed by atoms with E-state index in [9.17, 15) is 19.2 Å². The van der Waals surface area contributed by atoms with E-state index < -0.39 is 35.9 Å². The molecule has 0 aromatic carbocycles. The van der Waals surface area contributed by atoms with Crippen molar-refractivity contribution in [3.8, 4) is 0 Å². The molecule has 2 rings (SSSR count). The third kappa shape index (κ3) is 4.52. The van der Waals surface area contributed by atoms with E-state index in [1.165, 1.54) is 24.9 Å². The van der Waals surface area contributed by atoms with E-state index in [0.29, 0.717) is 0 Å². The minimum Gasteiger partial charge on any atom is -0.480 e. The molecule has 1 atom stereocenters. The van der Waals surface area contributed by atoms with Gasteiger partial charge in [-0.15, -0.1) is 0 Å². The molecule has 0 aliphatic heterocycles. The van der Waals surface area contributed by atoms with E-state index in [1.54, 1.807) is 0 Å². The summed E-state index contributed by atoms with van der Waals surface area (Å²) >= 11 is 0. The second kappa shape index (κ2) is 8.02. The van der Waals surface area contributed by atoms with Crippen molar-refractivity contribution in [2.45, 2.75) is 33.2 Å². The monoisotopic (exact) mass is 378 g/mol. The molecule has 3 N–H and O–H groups in total. The van der Waals surface area contributed by atoms with Gasteiger partial charge in [0.1, 0.15) is 23.5 Å². The van der Waals surface area contributed by atoms with Gasteiger partial charge < -0.3 is 24.7 Å². The van der Waals surface area contributed by atoms with Gasteiger partial charge in [-0.05, 0) is 19.3 Å². The van der Waals surface area contributed by atoms with Crippen molar-refractivity contribution < 1.29 is 23.9 Å². The Kier molecular flexibility index (Phi) is 5.98. The van der Waals surface area contributed by atoms with E-state index >= 15 is 0 Å². The number of rotatable bonds is 7. The smallest absolute Gasteiger partial charge is 0.326 e. The fourth-order valence-electron chi connectivity index (χ4n) is 2.65. The van der Waals surface area contributed by atoms with Gasteiger partial charge in [-0.3, -0.25) is 14.4 Å². The number of carboxylic acid groups (broad SMARTS) is 1. The Hall–Kier alpha value is -3.17. The number of aromatic nitrogens is 2. The van der Waals surface area contributed by atoms with Crippen LogP contribution in [0.25, 0.3) is 11.1 Å². The quantitative estimate of drug-likeness (QED) is 0.623. The average molecular weight is 378 g/mol. The van der Waals surface area contributed by atoms with Crippen LogP contribution >= 0.6 is 0 Å². The molecule has 0 aliphatic rings. The van der Waals surface area contributed by atoms with Crippen molar-refractivity contribution in [2.24, 2.45) is 13.0 Å². The highest BCUT2D eigenvalue weighted by atomic mass is 16.4. The first kappa shape index (κ1) is 20.1. The molecule has 0 bridgehead atoms. The molecule has 2 heterocycles. The highest BCUT2D eigenvalue weighted by molar-refractivity contribution is 6.07. The lowest BCUT2D eigenvalue weighted by Gasteiger charge is -2.16. The van der Waals surface area contributed by atoms with Crippen LogP contribution in [0.4, 0.5) is 0 Å². The minimum atomic E-state index is -1.14. The van der Waals surface area contributed by atoms with Crippen LogP contribution in [-0.4, -0.2) is 45.0 Å². The van der Waals surface area contributed by atoms with Crippen LogP contribution in [0.2, 0.25) is 0 Å². The summed E-state index contributed by atoms with van der Waals surface area (Å²) in [6.45, 7) is 4.75. The number of hydrogen-bond acceptors (Lipinski definition) is 6. The number of nitrogens with zero attached hydrogens (tertiary/aromatic N) is 2. The first-order valence-electron chi connectivity index (χ1n) is 8.36. The number of hydrogen-bond donors (Lipinski definition) is 3. The number of nitrogens with one attached hydrogen (secondary N) is 2. The van der Waals surface area contributed by atoms with Crippen LogP contribution in [0.15, 0.2) is 15.5 Å². The average Bonchev–Trinajstić information content (AvgIpc) is 2.92. The van der Waals surface area contributed by atoms with E-state index in [4.69, 9.17) is 9.52 Å². The van der Waals surface area contributed by atoms with E-state index in [2.05, 4.69) is 15.6 Å². The van der Waals surface area contributed by atoms with Gasteiger partial charge in [-0.2, -0.15) is 0 Å². The van der Waals surface area contributed by atoms with Crippen molar-refractivity contribution in [1.29, 1.82) is 0 Å². The highest BCUT2D eigenvalue weighted by Gasteiger charge is 2.24. The molecule has 0 spiro atoms. The molecule has 0 saturated heterocycles. The second-order valence-corrected chi connectivity index (χ2v) is 6.64. The fraction of sp³-hybridized carbons (Fsp3) is 0.471. The summed E-state index contributed by atoms with van der Waals surface area (Å²) in [5.74, 6) is -2.20. The third-order valence-corrected chi connectivity index (χ3v) is 3.93. The van der Waals surface area contributed by atoms with Crippen LogP contribution in [0.3, 0.4) is 0 Å². The van der Waals surface area contributed by atoms with Crippen LogP contribution in [0, 0.1) is 12.8 Å². The van der Waals surface area contributed by atoms with Gasteiger partial charge >= 0.3 is 5.97 Å². The molecule has 0 fully saturated rings. The molecule has 0 unspecified atom stereocenters. The Labute approximate surface area is 154 Å². The molecule has 0 saturated carbocycles. The maximum absolute atomic E-state index is 12.5. The topological polar surface area (TPSA) is 144 Å². The Bertz CT molecular complexity index is 943. The summed E-state index contributed by atoms with van der Waals surface area (Å²) in [4.78, 5) is 51.9. The zero-order valence-electron chi connectivity index (χ0n) is 15.5. The van der Waals surface area contributed by atoms with Crippen LogP contribution in [0.1, 0.15) is 36.4 Å². The normalized spacial score (nSPS) is 12.2. The predicted molar refractivity (Wildman–Crippen MR) is 95.3 cm³/mol. The molecule has 10 nitrogen and oxygen atoms in total. The van der Waals surface area contributed by atoms with Gasteiger partial charge in [-0.1, -0.05) is 13.8 Å². The Balaban J connectivity index is 2.12. The molecule has 2 aromatic rings. The first-order valence-corrected chi connectivity index (χ1v) is 8.36. The molecule has 146 valence electrons. The van der Waals surface area contributed by atoms with Crippen LogP contribution < -0.4 is 16.2 Å². The molecule has 0 aliphatic carbocycles. The number of carboxylic acids is 1. The highest BCUT2D eigenvalue weighted by Crippen LogP contribution is 2.20. The Morgan fingerprint density at radius 2 is 2.00 bits per heavy atom. The molecule has 10 heteroatoms. The second-order valence-electron chi connectivity index (χ2n) is 6.64. The van der Waals surface area contributed by atoms with E-state index in [-0.39, 0.29) is 34.8 Å². The van der Waals surface area contributed by atoms with Gasteiger partial charge in [0.25, 0.3) is 11.5 Å². The third-order valence-electron chi connectivity index (χ3n) is 3.93. The first-order chi connectivity index (χ1) is 12.6. The van der Waals surface area contributed by atoms with Gasteiger partial charge in [0.15, 0.2) is 0 Å². The number of carbonyl (C=O) groups excluding carboxylic acids is 2. The summed E-state index contributed by atoms with van der Waals surface area (Å²) in [7, 11) is 1.49. The minimum absolute atomic E-state index is 0.00321. The summed E-state index contributed by atoms with van der Waals surface area (Å²) in [5.41, 5.74) is -0.411. The number of aryl methyl sites for hydroxylation is 2. The van der Waals surface area contributed by atoms with Crippen LogP contribution in [0.5, 0.6) is 0 Å². The van der Waals surface area contributed by atoms with Crippen molar-refractivity contribution >= 4 is 28.9 Å². The van der Waals surface area contributed by atoms with E-state index in [0.717, 1.165) is 0 Å². The molecule has 2 amide bonds. The zero-order chi connectivity index (χ0) is 20.3. The van der Waals surface area contributed by atoms with Crippen molar-refractivity contribution in [1.82, 2.24) is 20.2 Å². The van der Waals surface area contributed by atoms with Gasteiger partial charge in [0.2, 0.25) is 11.6 Å². The molecule has 0 radical (unpaired) electrons. The number of aliphatic carboxylic acids is 1. The lowest BCUT2D eigenvalue weighted by Crippen LogP contribution is -2.46. The van der Waals surface area contributed by atoms with Crippen molar-refractivity contribution in [2.75, 3.05) is 6.54 Å². The van der Waals surface area contributed by atoms with Gasteiger partial charge in [0.05, 0.1) is 12.1 Å². The van der Waals surface area contributed by atoms with Gasteiger partial charge in [-0.25, -0.2) is 9.78 Å². The molecular weight excluding hydrogens is 356 g/mol. The number of furan rings is 1. The predicted octanol–water partition coefficient (Wildman–Crippen LogP) is 0.180. The fourth-order valence-corrected chi connectivity index (χ4v) is 2.65. The molecule has 27 heavy (non-hydrogen) atoms. The van der Waals surface area contributed by atoms with E-state index in [1.807, 2.05) is 13.8 Å². The number of fused-ring (bicyclic) bond motifs is 1. The molecular formula is C17H22N4O6. The summed E-state index contributed by atoms with van der Waals surface area (Å²) in [6.07, 6.45) is 1.55. The van der Waals surface area contributed by atoms with Crippen molar-refractivity contribution in [3.05, 3.63) is 28.0 Å². The summed E-state index contributed by atoms with van der Waals surface area (Å²) in [6, 6.07) is -1.04. The summed E-state index contributed by atoms with van der Waals surface area (Å²) in [5, 5.41) is 13.9. The Morgan fingerprint density at radius 1 is 1.33 bits per heavy atom. The number of amides is 2. The largest absolute Gasteiger partial charge is 0.480 e. The van der Waals surface area contributed by atoms with Crippen molar-refractivity contribution in [3.63, 3.8) is 0 Å². The molecule has 2 aromatic heterocycles. The summed E-state index contributed by atoms with van der Waals surface area (Å²) < 4.78 is 6.55. The lowest BCUT2D eigenvalue weighted by molar-refractivity contribution is -0.142. The zero-order valence-corrected chi connectivity index (χ0v) is 15.5. The maximum atomic E-state index is 12.5. The number of carbonyl (C=O) groups is 3. The van der Waals surface area contributed by atoms with Gasteiger partial charge in [0, 0.05) is 7.05 Å². The SMILES string of the molecule is Cc1oc2ncn(C)c(=O)c2c1C(=O)NCC(=O)N[C@@H](CC(C)C)C(=O)O. The maximum Gasteiger partial charge on any atom is 0.326 e. The van der Waals surface area contributed by atoms with Crippen LogP contribution in [-0.2, 0) is 16.6 Å².